The van der Waals surface area contributed by atoms with E-state index in [4.69, 9.17) is 9.47 Å². The van der Waals surface area contributed by atoms with Gasteiger partial charge in [-0.25, -0.2) is 4.39 Å². The molecule has 5 rings (SSSR count). The molecule has 0 radical (unpaired) electrons. The summed E-state index contributed by atoms with van der Waals surface area (Å²) < 4.78 is 40.9. The van der Waals surface area contributed by atoms with E-state index >= 15 is 0 Å². The minimum absolute atomic E-state index is 0.0214. The molecule has 0 spiro atoms. The zero-order valence-corrected chi connectivity index (χ0v) is 24.4. The van der Waals surface area contributed by atoms with Crippen LogP contribution in [0.25, 0.3) is 0 Å². The Labute approximate surface area is 236 Å². The van der Waals surface area contributed by atoms with Crippen LogP contribution in [-0.2, 0) is 4.74 Å². The molecule has 3 saturated carbocycles. The van der Waals surface area contributed by atoms with Crippen LogP contribution in [0, 0.1) is 47.1 Å². The number of hydrogen-bond donors (Lipinski definition) is 0. The van der Waals surface area contributed by atoms with Crippen molar-refractivity contribution >= 4 is 0 Å². The topological polar surface area (TPSA) is 18.5 Å². The summed E-state index contributed by atoms with van der Waals surface area (Å²) in [5, 5.41) is 0. The van der Waals surface area contributed by atoms with E-state index in [1.54, 1.807) is 19.1 Å². The molecule has 3 aliphatic carbocycles. The lowest BCUT2D eigenvalue weighted by Crippen LogP contribution is -2.37. The molecule has 0 aromatic heterocycles. The van der Waals surface area contributed by atoms with Crippen LogP contribution >= 0.6 is 0 Å². The van der Waals surface area contributed by atoms with Gasteiger partial charge in [-0.05, 0) is 150 Å². The van der Waals surface area contributed by atoms with Crippen LogP contribution in [-0.4, -0.2) is 19.3 Å². The third-order valence-corrected chi connectivity index (χ3v) is 11.3. The summed E-state index contributed by atoms with van der Waals surface area (Å²) in [5.74, 6) is 3.65. The Kier molecular flexibility index (Phi) is 10.4. The minimum atomic E-state index is -0.834. The van der Waals surface area contributed by atoms with Crippen LogP contribution in [0.2, 0.25) is 0 Å². The molecule has 4 aliphatic rings. The van der Waals surface area contributed by atoms with Crippen molar-refractivity contribution in [3.8, 4) is 5.75 Å². The quantitative estimate of drug-likeness (QED) is 0.289. The molecule has 1 aromatic carbocycles. The Morgan fingerprint density at radius 1 is 0.769 bits per heavy atom. The third kappa shape index (κ3) is 7.08. The summed E-state index contributed by atoms with van der Waals surface area (Å²) in [6.45, 7) is 6.95. The zero-order chi connectivity index (χ0) is 27.2. The maximum Gasteiger partial charge on any atom is 0.200 e. The number of allylic oxidation sites excluding steroid dienone is 1. The molecule has 2 unspecified atom stereocenters. The average molecular weight is 543 g/mol. The van der Waals surface area contributed by atoms with Gasteiger partial charge in [0.2, 0.25) is 5.82 Å². The second-order valence-corrected chi connectivity index (χ2v) is 13.4. The van der Waals surface area contributed by atoms with Crippen molar-refractivity contribution in [1.82, 2.24) is 0 Å². The SMILES string of the molecule is C=CCCC1CCC(C2CCC(C3CCC(C4CCC(c5ccc(OCC)c(F)c5F)CC4)OC3)CC2)CC1. The highest BCUT2D eigenvalue weighted by Crippen LogP contribution is 2.46. The number of rotatable bonds is 9. The van der Waals surface area contributed by atoms with E-state index in [9.17, 15) is 8.78 Å². The maximum atomic E-state index is 14.7. The molecule has 0 bridgehead atoms. The molecule has 1 aromatic rings. The molecule has 39 heavy (non-hydrogen) atoms. The van der Waals surface area contributed by atoms with Gasteiger partial charge in [-0.3, -0.25) is 0 Å². The summed E-state index contributed by atoms with van der Waals surface area (Å²) in [5.41, 5.74) is 0.523. The van der Waals surface area contributed by atoms with E-state index in [0.29, 0.717) is 24.2 Å². The molecule has 4 fully saturated rings. The molecule has 4 heteroatoms. The zero-order valence-electron chi connectivity index (χ0n) is 24.4. The normalized spacial score (nSPS) is 35.9. The predicted molar refractivity (Wildman–Crippen MR) is 155 cm³/mol. The van der Waals surface area contributed by atoms with Gasteiger partial charge < -0.3 is 9.47 Å². The predicted octanol–water partition coefficient (Wildman–Crippen LogP) is 10.0. The highest BCUT2D eigenvalue weighted by Gasteiger charge is 2.37. The Morgan fingerprint density at radius 2 is 1.36 bits per heavy atom. The number of halogens is 2. The van der Waals surface area contributed by atoms with E-state index in [1.165, 1.54) is 77.0 Å². The highest BCUT2D eigenvalue weighted by molar-refractivity contribution is 5.33. The third-order valence-electron chi connectivity index (χ3n) is 11.3. The number of benzene rings is 1. The van der Waals surface area contributed by atoms with Gasteiger partial charge in [0.25, 0.3) is 0 Å². The summed E-state index contributed by atoms with van der Waals surface area (Å²) in [4.78, 5) is 0. The van der Waals surface area contributed by atoms with Gasteiger partial charge in [0, 0.05) is 0 Å². The summed E-state index contributed by atoms with van der Waals surface area (Å²) in [6.07, 6.45) is 23.0. The maximum absolute atomic E-state index is 14.7. The Morgan fingerprint density at radius 3 is 1.95 bits per heavy atom. The first-order valence-corrected chi connectivity index (χ1v) is 16.4. The molecule has 1 heterocycles. The summed E-state index contributed by atoms with van der Waals surface area (Å²) >= 11 is 0. The van der Waals surface area contributed by atoms with Gasteiger partial charge in [0.15, 0.2) is 11.6 Å². The van der Waals surface area contributed by atoms with Crippen LogP contribution in [0.1, 0.15) is 121 Å². The lowest BCUT2D eigenvalue weighted by atomic mass is 9.66. The molecule has 1 saturated heterocycles. The van der Waals surface area contributed by atoms with Crippen LogP contribution in [0.15, 0.2) is 24.8 Å². The van der Waals surface area contributed by atoms with Crippen LogP contribution in [0.3, 0.4) is 0 Å². The number of hydrogen-bond acceptors (Lipinski definition) is 2. The molecular formula is C35H52F2O2. The Hall–Kier alpha value is -1.42. The van der Waals surface area contributed by atoms with Crippen molar-refractivity contribution in [3.05, 3.63) is 42.0 Å². The van der Waals surface area contributed by atoms with Crippen molar-refractivity contribution in [2.45, 2.75) is 122 Å². The van der Waals surface area contributed by atoms with Crippen molar-refractivity contribution in [2.24, 2.45) is 35.5 Å². The lowest BCUT2D eigenvalue weighted by Gasteiger charge is -2.43. The monoisotopic (exact) mass is 542 g/mol. The second-order valence-electron chi connectivity index (χ2n) is 13.4. The van der Waals surface area contributed by atoms with Gasteiger partial charge in [0.05, 0.1) is 19.3 Å². The van der Waals surface area contributed by atoms with E-state index in [0.717, 1.165) is 61.9 Å². The smallest absolute Gasteiger partial charge is 0.200 e. The van der Waals surface area contributed by atoms with Crippen LogP contribution < -0.4 is 4.74 Å². The van der Waals surface area contributed by atoms with Crippen molar-refractivity contribution < 1.29 is 18.3 Å². The number of ether oxygens (including phenoxy) is 2. The van der Waals surface area contributed by atoms with Gasteiger partial charge in [-0.15, -0.1) is 6.58 Å². The van der Waals surface area contributed by atoms with E-state index < -0.39 is 11.6 Å². The lowest BCUT2D eigenvalue weighted by molar-refractivity contribution is -0.0733. The molecular weight excluding hydrogens is 490 g/mol. The summed E-state index contributed by atoms with van der Waals surface area (Å²) in [6, 6.07) is 3.33. The molecule has 2 nitrogen and oxygen atoms in total. The largest absolute Gasteiger partial charge is 0.491 e. The first-order valence-electron chi connectivity index (χ1n) is 16.4. The van der Waals surface area contributed by atoms with Gasteiger partial charge in [-0.1, -0.05) is 25.0 Å². The van der Waals surface area contributed by atoms with E-state index in [1.807, 2.05) is 0 Å². The van der Waals surface area contributed by atoms with Gasteiger partial charge in [-0.2, -0.15) is 4.39 Å². The fourth-order valence-electron chi connectivity index (χ4n) is 8.86. The fourth-order valence-corrected chi connectivity index (χ4v) is 8.86. The molecule has 0 N–H and O–H groups in total. The minimum Gasteiger partial charge on any atom is -0.491 e. The first-order chi connectivity index (χ1) is 19.1. The van der Waals surface area contributed by atoms with Crippen molar-refractivity contribution in [1.29, 1.82) is 0 Å². The molecule has 0 amide bonds. The Balaban J connectivity index is 1.02. The van der Waals surface area contributed by atoms with E-state index in [-0.39, 0.29) is 11.7 Å². The van der Waals surface area contributed by atoms with Gasteiger partial charge in [0.1, 0.15) is 0 Å². The van der Waals surface area contributed by atoms with Crippen LogP contribution in [0.4, 0.5) is 8.78 Å². The molecule has 218 valence electrons. The van der Waals surface area contributed by atoms with Crippen molar-refractivity contribution in [2.75, 3.05) is 13.2 Å². The summed E-state index contributed by atoms with van der Waals surface area (Å²) in [7, 11) is 0. The average Bonchev–Trinajstić information content (AvgIpc) is 2.99. The van der Waals surface area contributed by atoms with Crippen molar-refractivity contribution in [3.63, 3.8) is 0 Å². The fraction of sp³-hybridized carbons (Fsp3) is 0.771. The highest BCUT2D eigenvalue weighted by atomic mass is 19.2. The van der Waals surface area contributed by atoms with Gasteiger partial charge >= 0.3 is 0 Å². The molecule has 1 aliphatic heterocycles. The Bertz CT molecular complexity index is 899. The van der Waals surface area contributed by atoms with E-state index in [2.05, 4.69) is 12.7 Å². The molecule has 2 atom stereocenters. The van der Waals surface area contributed by atoms with Crippen LogP contribution in [0.5, 0.6) is 5.75 Å². The standard InChI is InChI=1S/C35H52F2O2/c1-3-5-6-24-7-9-25(10-8-24)26-11-13-27(14-12-26)30-19-21-32(39-23-30)29-17-15-28(16-18-29)31-20-22-33(38-4-2)35(37)34(31)36/h3,20,22,24-30,32H,1,4-19,21,23H2,2H3. The second kappa shape index (κ2) is 14.0. The first kappa shape index (κ1) is 29.1.